The van der Waals surface area contributed by atoms with E-state index < -0.39 is 0 Å². The van der Waals surface area contributed by atoms with Crippen LogP contribution in [-0.4, -0.2) is 18.6 Å². The van der Waals surface area contributed by atoms with Crippen LogP contribution in [0.2, 0.25) is 0 Å². The number of carbonyl (C=O) groups is 1. The molecule has 0 bridgehead atoms. The third-order valence-electron chi connectivity index (χ3n) is 3.08. The van der Waals surface area contributed by atoms with Gasteiger partial charge in [0.1, 0.15) is 11.9 Å². The number of nitrogens with zero attached hydrogens (tertiary/aromatic N) is 1. The number of ether oxygens (including phenoxy) is 1. The van der Waals surface area contributed by atoms with Gasteiger partial charge in [-0.2, -0.15) is 0 Å². The second kappa shape index (κ2) is 4.98. The highest BCUT2D eigenvalue weighted by molar-refractivity contribution is 5.96. The molecule has 2 N–H and O–H groups in total. The highest BCUT2D eigenvalue weighted by Gasteiger charge is 2.28. The van der Waals surface area contributed by atoms with E-state index in [1.165, 1.54) is 0 Å². The van der Waals surface area contributed by atoms with Crippen molar-refractivity contribution in [2.24, 2.45) is 11.7 Å². The summed E-state index contributed by atoms with van der Waals surface area (Å²) in [4.78, 5) is 14.0. The van der Waals surface area contributed by atoms with Crippen LogP contribution < -0.4 is 15.4 Å². The molecule has 1 aliphatic rings. The first-order valence-electron chi connectivity index (χ1n) is 6.34. The van der Waals surface area contributed by atoms with E-state index in [2.05, 4.69) is 0 Å². The Morgan fingerprint density at radius 1 is 1.56 bits per heavy atom. The van der Waals surface area contributed by atoms with Crippen LogP contribution in [-0.2, 0) is 11.3 Å². The summed E-state index contributed by atoms with van der Waals surface area (Å²) in [5.41, 5.74) is 7.49. The molecule has 1 aromatic carbocycles. The summed E-state index contributed by atoms with van der Waals surface area (Å²) in [6.45, 7) is 6.88. The number of hydrogen-bond donors (Lipinski definition) is 1. The van der Waals surface area contributed by atoms with Gasteiger partial charge in [-0.3, -0.25) is 4.79 Å². The van der Waals surface area contributed by atoms with Crippen LogP contribution in [0, 0.1) is 5.92 Å². The molecule has 1 unspecified atom stereocenters. The average molecular weight is 248 g/mol. The van der Waals surface area contributed by atoms with Crippen molar-refractivity contribution < 1.29 is 9.53 Å². The second-order valence-electron chi connectivity index (χ2n) is 5.04. The summed E-state index contributed by atoms with van der Waals surface area (Å²) >= 11 is 0. The monoisotopic (exact) mass is 248 g/mol. The molecule has 1 aromatic rings. The van der Waals surface area contributed by atoms with Crippen molar-refractivity contribution >= 4 is 11.6 Å². The molecule has 0 radical (unpaired) electrons. The van der Waals surface area contributed by atoms with Crippen LogP contribution in [0.5, 0.6) is 5.75 Å². The summed E-state index contributed by atoms with van der Waals surface area (Å²) in [5.74, 6) is 0.870. The molecule has 4 nitrogen and oxygen atoms in total. The average Bonchev–Trinajstić information content (AvgIpc) is 2.35. The number of nitrogens with two attached hydrogens (primary N) is 1. The molecule has 0 aliphatic carbocycles. The van der Waals surface area contributed by atoms with E-state index in [-0.39, 0.29) is 17.9 Å². The summed E-state index contributed by atoms with van der Waals surface area (Å²) < 4.78 is 5.78. The summed E-state index contributed by atoms with van der Waals surface area (Å²) in [5, 5.41) is 0. The largest absolute Gasteiger partial charge is 0.487 e. The zero-order valence-electron chi connectivity index (χ0n) is 11.1. The normalized spacial score (nSPS) is 18.5. The number of hydrogen-bond acceptors (Lipinski definition) is 3. The predicted octanol–water partition coefficient (Wildman–Crippen LogP) is 1.92. The fourth-order valence-electron chi connectivity index (χ4n) is 2.13. The first-order valence-corrected chi connectivity index (χ1v) is 6.34. The maximum Gasteiger partial charge on any atom is 0.229 e. The zero-order chi connectivity index (χ0) is 13.3. The van der Waals surface area contributed by atoms with Crippen LogP contribution >= 0.6 is 0 Å². The Bertz CT molecular complexity index is 457. The lowest BCUT2D eigenvalue weighted by molar-refractivity contribution is -0.121. The van der Waals surface area contributed by atoms with E-state index in [0.717, 1.165) is 17.0 Å². The van der Waals surface area contributed by atoms with E-state index in [0.29, 0.717) is 13.1 Å². The third kappa shape index (κ3) is 2.34. The van der Waals surface area contributed by atoms with Gasteiger partial charge >= 0.3 is 0 Å². The minimum atomic E-state index is -0.0164. The van der Waals surface area contributed by atoms with Gasteiger partial charge in [-0.05, 0) is 24.6 Å². The van der Waals surface area contributed by atoms with Crippen molar-refractivity contribution in [1.29, 1.82) is 0 Å². The van der Waals surface area contributed by atoms with Gasteiger partial charge in [-0.15, -0.1) is 0 Å². The van der Waals surface area contributed by atoms with Crippen LogP contribution in [0.3, 0.4) is 0 Å². The molecular weight excluding hydrogens is 228 g/mol. The third-order valence-corrected chi connectivity index (χ3v) is 3.08. The standard InChI is InChI=1S/C14H20N2O2/c1-9(2)14(17)16-8-10(3)18-13-6-11(7-15)4-5-12(13)16/h4-6,9-10H,7-8,15H2,1-3H3. The van der Waals surface area contributed by atoms with Crippen molar-refractivity contribution in [1.82, 2.24) is 0 Å². The van der Waals surface area contributed by atoms with Gasteiger partial charge in [0, 0.05) is 12.5 Å². The Hall–Kier alpha value is -1.55. The SMILES string of the molecule is CC1CN(C(=O)C(C)C)c2ccc(CN)cc2O1. The molecule has 0 spiro atoms. The summed E-state index contributed by atoms with van der Waals surface area (Å²) in [7, 11) is 0. The second-order valence-corrected chi connectivity index (χ2v) is 5.04. The number of amides is 1. The van der Waals surface area contributed by atoms with Crippen LogP contribution in [0.15, 0.2) is 18.2 Å². The Morgan fingerprint density at radius 2 is 2.28 bits per heavy atom. The van der Waals surface area contributed by atoms with E-state index in [1.54, 1.807) is 0 Å². The molecule has 0 saturated heterocycles. The first kappa shape index (κ1) is 12.9. The number of fused-ring (bicyclic) bond motifs is 1. The van der Waals surface area contributed by atoms with Crippen molar-refractivity contribution in [3.63, 3.8) is 0 Å². The van der Waals surface area contributed by atoms with E-state index in [4.69, 9.17) is 10.5 Å². The zero-order valence-corrected chi connectivity index (χ0v) is 11.1. The molecule has 2 rings (SSSR count). The lowest BCUT2D eigenvalue weighted by Crippen LogP contribution is -2.44. The molecule has 1 amide bonds. The van der Waals surface area contributed by atoms with Gasteiger partial charge in [0.2, 0.25) is 5.91 Å². The number of anilines is 1. The molecule has 0 fully saturated rings. The van der Waals surface area contributed by atoms with Crippen LogP contribution in [0.25, 0.3) is 0 Å². The van der Waals surface area contributed by atoms with Crippen LogP contribution in [0.1, 0.15) is 26.3 Å². The van der Waals surface area contributed by atoms with Crippen LogP contribution in [0.4, 0.5) is 5.69 Å². The first-order chi connectivity index (χ1) is 8.52. The molecule has 1 heterocycles. The maximum absolute atomic E-state index is 12.2. The topological polar surface area (TPSA) is 55.6 Å². The highest BCUT2D eigenvalue weighted by atomic mass is 16.5. The highest BCUT2D eigenvalue weighted by Crippen LogP contribution is 2.35. The Morgan fingerprint density at radius 3 is 2.89 bits per heavy atom. The molecule has 0 aromatic heterocycles. The Balaban J connectivity index is 2.39. The molecule has 0 saturated carbocycles. The number of carbonyl (C=O) groups excluding carboxylic acids is 1. The van der Waals surface area contributed by atoms with Gasteiger partial charge in [-0.25, -0.2) is 0 Å². The molecule has 18 heavy (non-hydrogen) atoms. The maximum atomic E-state index is 12.2. The number of benzene rings is 1. The van der Waals surface area contributed by atoms with Gasteiger partial charge in [0.25, 0.3) is 0 Å². The van der Waals surface area contributed by atoms with Gasteiger partial charge in [0.15, 0.2) is 0 Å². The van der Waals surface area contributed by atoms with Crippen molar-refractivity contribution in [3.8, 4) is 5.75 Å². The fraction of sp³-hybridized carbons (Fsp3) is 0.500. The van der Waals surface area contributed by atoms with E-state index in [1.807, 2.05) is 43.9 Å². The smallest absolute Gasteiger partial charge is 0.229 e. The Labute approximate surface area is 108 Å². The Kier molecular flexibility index (Phi) is 3.57. The minimum Gasteiger partial charge on any atom is -0.487 e. The van der Waals surface area contributed by atoms with Crippen molar-refractivity contribution in [2.45, 2.75) is 33.4 Å². The number of rotatable bonds is 2. The van der Waals surface area contributed by atoms with Crippen molar-refractivity contribution in [3.05, 3.63) is 23.8 Å². The van der Waals surface area contributed by atoms with Gasteiger partial charge in [0.05, 0.1) is 12.2 Å². The lowest BCUT2D eigenvalue weighted by atomic mass is 10.1. The van der Waals surface area contributed by atoms with E-state index in [9.17, 15) is 4.79 Å². The lowest BCUT2D eigenvalue weighted by Gasteiger charge is -2.34. The summed E-state index contributed by atoms with van der Waals surface area (Å²) in [6, 6.07) is 5.79. The quantitative estimate of drug-likeness (QED) is 0.870. The summed E-state index contributed by atoms with van der Waals surface area (Å²) in [6.07, 6.45) is 0.00762. The van der Waals surface area contributed by atoms with Gasteiger partial charge < -0.3 is 15.4 Å². The molecular formula is C14H20N2O2. The molecule has 1 atom stereocenters. The van der Waals surface area contributed by atoms with Crippen molar-refractivity contribution in [2.75, 3.05) is 11.4 Å². The van der Waals surface area contributed by atoms with E-state index >= 15 is 0 Å². The molecule has 4 heteroatoms. The fourth-order valence-corrected chi connectivity index (χ4v) is 2.13. The predicted molar refractivity (Wildman–Crippen MR) is 71.6 cm³/mol. The minimum absolute atomic E-state index is 0.00762. The molecule has 1 aliphatic heterocycles. The molecule has 98 valence electrons. The van der Waals surface area contributed by atoms with Gasteiger partial charge in [-0.1, -0.05) is 19.9 Å².